The molecule has 38 heavy (non-hydrogen) atoms. The number of nitrogens with one attached hydrogen (secondary N) is 1. The molecule has 2 saturated heterocycles. The van der Waals surface area contributed by atoms with E-state index in [0.29, 0.717) is 0 Å². The molecule has 2 fully saturated rings. The van der Waals surface area contributed by atoms with Gasteiger partial charge in [0.1, 0.15) is 17.8 Å². The van der Waals surface area contributed by atoms with E-state index in [1.165, 1.54) is 0 Å². The van der Waals surface area contributed by atoms with Gasteiger partial charge in [-0.15, -0.1) is 0 Å². The molecule has 0 bridgehead atoms. The van der Waals surface area contributed by atoms with Crippen LogP contribution in [0.2, 0.25) is 36.3 Å². The summed E-state index contributed by atoms with van der Waals surface area (Å²) in [5.74, 6) is -0.968. The van der Waals surface area contributed by atoms with Gasteiger partial charge in [-0.3, -0.25) is 0 Å². The number of rotatable bonds is 8. The fourth-order valence-electron chi connectivity index (χ4n) is 4.07. The van der Waals surface area contributed by atoms with Gasteiger partial charge in [0.15, 0.2) is 34.3 Å². The first kappa shape index (κ1) is 33.7. The molecule has 0 aromatic rings. The smallest absolute Gasteiger partial charge is 0.407 e. The molecule has 11 heteroatoms. The highest BCUT2D eigenvalue weighted by molar-refractivity contribution is 6.74. The second-order valence-electron chi connectivity index (χ2n) is 15.3. The number of alkyl carbamates (subject to hydrolysis) is 1. The molecule has 1 unspecified atom stereocenters. The van der Waals surface area contributed by atoms with Gasteiger partial charge >= 0.3 is 6.09 Å². The lowest BCUT2D eigenvalue weighted by Crippen LogP contribution is -2.57. The average molecular weight is 578 g/mol. The number of aliphatic hydroxyl groups excluding tert-OH is 1. The summed E-state index contributed by atoms with van der Waals surface area (Å²) in [7, 11) is -4.51. The molecule has 5 atom stereocenters. The first-order valence-electron chi connectivity index (χ1n) is 13.7. The van der Waals surface area contributed by atoms with E-state index >= 15 is 0 Å². The van der Waals surface area contributed by atoms with E-state index in [0.717, 1.165) is 0 Å². The van der Waals surface area contributed by atoms with Gasteiger partial charge in [-0.2, -0.15) is 0 Å². The maximum absolute atomic E-state index is 12.6. The Morgan fingerprint density at radius 1 is 0.974 bits per heavy atom. The Bertz CT molecular complexity index is 843. The lowest BCUT2D eigenvalue weighted by atomic mass is 9.94. The van der Waals surface area contributed by atoms with Crippen LogP contribution in [0.5, 0.6) is 0 Å². The number of carbonyl (C=O) groups excluding carboxylic acids is 1. The summed E-state index contributed by atoms with van der Waals surface area (Å²) < 4.78 is 37.8. The van der Waals surface area contributed by atoms with E-state index in [4.69, 9.17) is 27.8 Å². The van der Waals surface area contributed by atoms with Crippen molar-refractivity contribution in [3.8, 4) is 0 Å². The Morgan fingerprint density at radius 2 is 1.50 bits per heavy atom. The van der Waals surface area contributed by atoms with Gasteiger partial charge < -0.3 is 38.2 Å². The maximum Gasteiger partial charge on any atom is 0.407 e. The van der Waals surface area contributed by atoms with E-state index in [-0.39, 0.29) is 23.2 Å². The zero-order valence-electron chi connectivity index (χ0n) is 26.5. The molecule has 0 aromatic carbocycles. The summed E-state index contributed by atoms with van der Waals surface area (Å²) in [4.78, 5) is 12.6. The predicted molar refractivity (Wildman–Crippen MR) is 153 cm³/mol. The molecule has 2 N–H and O–H groups in total. The fourth-order valence-corrected chi connectivity index (χ4v) is 6.42. The van der Waals surface area contributed by atoms with Crippen LogP contribution in [0.3, 0.4) is 0 Å². The third kappa shape index (κ3) is 7.60. The second kappa shape index (κ2) is 10.7. The molecule has 2 aliphatic rings. The number of aliphatic hydroxyl groups is 1. The molecular weight excluding hydrogens is 522 g/mol. The van der Waals surface area contributed by atoms with Crippen molar-refractivity contribution in [2.45, 2.75) is 154 Å². The maximum atomic E-state index is 12.6. The number of amides is 1. The average Bonchev–Trinajstić information content (AvgIpc) is 3.09. The summed E-state index contributed by atoms with van der Waals surface area (Å²) in [5.41, 5.74) is -1.87. The topological polar surface area (TPSA) is 105 Å². The number of hydrogen-bond donors (Lipinski definition) is 2. The normalized spacial score (nSPS) is 29.2. The van der Waals surface area contributed by atoms with E-state index in [1.807, 2.05) is 34.6 Å². The zero-order chi connectivity index (χ0) is 29.8. The molecular formula is C27H55NO8Si2. The van der Waals surface area contributed by atoms with Gasteiger partial charge in [-0.05, 0) is 70.9 Å². The summed E-state index contributed by atoms with van der Waals surface area (Å²) in [6.45, 7) is 30.9. The SMILES string of the molecule is CC(C)(C)OC(=O)NC[C@@H](O[Si](C)(C)C(C)(C)C)[C@H]1OC(O)[C@@]2(CO[Si](C)(C)C(C)(C)C)OC(C)(C)O[C@@H]12. The van der Waals surface area contributed by atoms with Crippen LogP contribution in [0.4, 0.5) is 4.79 Å². The van der Waals surface area contributed by atoms with Gasteiger partial charge in [0, 0.05) is 6.54 Å². The number of ether oxygens (including phenoxy) is 4. The van der Waals surface area contributed by atoms with Crippen LogP contribution in [0.25, 0.3) is 0 Å². The largest absolute Gasteiger partial charge is 0.444 e. The van der Waals surface area contributed by atoms with Crippen molar-refractivity contribution in [2.75, 3.05) is 13.2 Å². The summed E-state index contributed by atoms with van der Waals surface area (Å²) in [5, 5.41) is 14.1. The number of carbonyl (C=O) groups is 1. The summed E-state index contributed by atoms with van der Waals surface area (Å²) in [6.07, 6.45) is -3.84. The zero-order valence-corrected chi connectivity index (χ0v) is 28.5. The van der Waals surface area contributed by atoms with Crippen molar-refractivity contribution in [2.24, 2.45) is 0 Å². The Morgan fingerprint density at radius 3 is 1.97 bits per heavy atom. The number of fused-ring (bicyclic) bond motifs is 1. The predicted octanol–water partition coefficient (Wildman–Crippen LogP) is 5.53. The minimum atomic E-state index is -2.33. The standard InChI is InChI=1S/C27H55NO8Si2/c1-23(2,3)34-22(30)28-16-18(35-38(14,15)25(7,8)9)19-20-27(21(29)32-19,36-26(10,11)33-20)17-31-37(12,13)24(4,5)6/h18-21,29H,16-17H2,1-15H3,(H,28,30)/t18-,19-,20+,21?,27+/m1/s1. The minimum absolute atomic E-state index is 0.0246. The quantitative estimate of drug-likeness (QED) is 0.363. The van der Waals surface area contributed by atoms with Crippen LogP contribution in [0.1, 0.15) is 76.2 Å². The van der Waals surface area contributed by atoms with Gasteiger partial charge in [0.2, 0.25) is 0 Å². The molecule has 2 heterocycles. The van der Waals surface area contributed by atoms with Crippen LogP contribution >= 0.6 is 0 Å². The molecule has 0 saturated carbocycles. The van der Waals surface area contributed by atoms with E-state index in [2.05, 4.69) is 73.0 Å². The second-order valence-corrected chi connectivity index (χ2v) is 24.9. The van der Waals surface area contributed by atoms with Gasteiger partial charge in [0.25, 0.3) is 0 Å². The minimum Gasteiger partial charge on any atom is -0.444 e. The van der Waals surface area contributed by atoms with Crippen molar-refractivity contribution in [3.05, 3.63) is 0 Å². The molecule has 0 spiro atoms. The van der Waals surface area contributed by atoms with Crippen LogP contribution in [0, 0.1) is 0 Å². The van der Waals surface area contributed by atoms with Gasteiger partial charge in [0.05, 0.1) is 12.7 Å². The van der Waals surface area contributed by atoms with Crippen LogP contribution in [-0.2, 0) is 27.8 Å². The third-order valence-electron chi connectivity index (χ3n) is 8.26. The Kier molecular flexibility index (Phi) is 9.48. The first-order valence-corrected chi connectivity index (χ1v) is 19.5. The van der Waals surface area contributed by atoms with Crippen molar-refractivity contribution in [1.82, 2.24) is 5.32 Å². The van der Waals surface area contributed by atoms with Crippen LogP contribution < -0.4 is 5.32 Å². The highest BCUT2D eigenvalue weighted by atomic mass is 28.4. The van der Waals surface area contributed by atoms with Gasteiger partial charge in [-0.25, -0.2) is 4.79 Å². The third-order valence-corrected chi connectivity index (χ3v) is 17.2. The van der Waals surface area contributed by atoms with E-state index in [9.17, 15) is 9.90 Å². The lowest BCUT2D eigenvalue weighted by Gasteiger charge is -2.41. The highest BCUT2D eigenvalue weighted by Gasteiger charge is 2.68. The highest BCUT2D eigenvalue weighted by Crippen LogP contribution is 2.49. The monoisotopic (exact) mass is 577 g/mol. The molecule has 0 aromatic heterocycles. The molecule has 0 aliphatic carbocycles. The molecule has 2 rings (SSSR count). The van der Waals surface area contributed by atoms with Crippen molar-refractivity contribution < 1.29 is 37.7 Å². The Labute approximate surface area is 232 Å². The molecule has 0 radical (unpaired) electrons. The summed E-state index contributed by atoms with van der Waals surface area (Å²) in [6, 6.07) is 0. The van der Waals surface area contributed by atoms with E-state index in [1.54, 1.807) is 0 Å². The van der Waals surface area contributed by atoms with Crippen molar-refractivity contribution in [3.63, 3.8) is 0 Å². The van der Waals surface area contributed by atoms with Crippen LogP contribution in [0.15, 0.2) is 0 Å². The molecule has 9 nitrogen and oxygen atoms in total. The lowest BCUT2D eigenvalue weighted by molar-refractivity contribution is -0.256. The Balaban J connectivity index is 2.41. The molecule has 1 amide bonds. The van der Waals surface area contributed by atoms with E-state index < -0.39 is 64.3 Å². The molecule has 2 aliphatic heterocycles. The van der Waals surface area contributed by atoms with Crippen molar-refractivity contribution in [1.29, 1.82) is 0 Å². The summed E-state index contributed by atoms with van der Waals surface area (Å²) >= 11 is 0. The molecule has 224 valence electrons. The first-order chi connectivity index (χ1) is 16.7. The Hall–Kier alpha value is -0.536. The van der Waals surface area contributed by atoms with Crippen LogP contribution in [-0.4, -0.2) is 82.6 Å². The fraction of sp³-hybridized carbons (Fsp3) is 0.963. The van der Waals surface area contributed by atoms with Gasteiger partial charge in [-0.1, -0.05) is 41.5 Å². The van der Waals surface area contributed by atoms with Crippen molar-refractivity contribution >= 4 is 22.7 Å². The number of hydrogen-bond acceptors (Lipinski definition) is 8.